The highest BCUT2D eigenvalue weighted by atomic mass is 32.2. The standard InChI is InChI=1S/C17H23FN4OS/c1-3-4-5-6-11-19-15(23)12-24-17-21-20-16(22(17)2)13-7-9-14(18)10-8-13/h7-10H,3-6,11-12H2,1-2H3,(H,19,23). The summed E-state index contributed by atoms with van der Waals surface area (Å²) < 4.78 is 14.8. The lowest BCUT2D eigenvalue weighted by molar-refractivity contribution is -0.118. The van der Waals surface area contributed by atoms with Crippen molar-refractivity contribution in [1.29, 1.82) is 0 Å². The van der Waals surface area contributed by atoms with Gasteiger partial charge in [-0.15, -0.1) is 10.2 Å². The molecule has 1 aromatic carbocycles. The lowest BCUT2D eigenvalue weighted by atomic mass is 10.2. The fraction of sp³-hybridized carbons (Fsp3) is 0.471. The van der Waals surface area contributed by atoms with Gasteiger partial charge in [0.05, 0.1) is 5.75 Å². The fourth-order valence-corrected chi connectivity index (χ4v) is 2.99. The Kier molecular flexibility index (Phi) is 7.24. The van der Waals surface area contributed by atoms with E-state index in [1.165, 1.54) is 36.7 Å². The van der Waals surface area contributed by atoms with Crippen molar-refractivity contribution in [3.63, 3.8) is 0 Å². The first-order valence-corrected chi connectivity index (χ1v) is 9.15. The van der Waals surface area contributed by atoms with Gasteiger partial charge in [0.2, 0.25) is 5.91 Å². The molecule has 0 radical (unpaired) electrons. The normalized spacial score (nSPS) is 10.8. The molecule has 0 aliphatic heterocycles. The second kappa shape index (κ2) is 9.42. The largest absolute Gasteiger partial charge is 0.355 e. The van der Waals surface area contributed by atoms with Crippen molar-refractivity contribution in [3.05, 3.63) is 30.1 Å². The van der Waals surface area contributed by atoms with Crippen LogP contribution in [0, 0.1) is 5.82 Å². The van der Waals surface area contributed by atoms with Crippen LogP contribution in [0.15, 0.2) is 29.4 Å². The van der Waals surface area contributed by atoms with Gasteiger partial charge in [-0.05, 0) is 30.7 Å². The average Bonchev–Trinajstić information content (AvgIpc) is 2.94. The Morgan fingerprint density at radius 2 is 1.96 bits per heavy atom. The molecule has 0 unspecified atom stereocenters. The van der Waals surface area contributed by atoms with Crippen molar-refractivity contribution < 1.29 is 9.18 Å². The Hall–Kier alpha value is -1.89. The van der Waals surface area contributed by atoms with Crippen molar-refractivity contribution in [2.24, 2.45) is 7.05 Å². The summed E-state index contributed by atoms with van der Waals surface area (Å²) in [6.07, 6.45) is 4.55. The number of nitrogens with one attached hydrogen (secondary N) is 1. The van der Waals surface area contributed by atoms with E-state index < -0.39 is 0 Å². The number of nitrogens with zero attached hydrogens (tertiary/aromatic N) is 3. The molecule has 0 saturated heterocycles. The van der Waals surface area contributed by atoms with Gasteiger partial charge in [0.15, 0.2) is 11.0 Å². The molecule has 2 rings (SSSR count). The van der Waals surface area contributed by atoms with E-state index in [0.29, 0.717) is 16.7 Å². The molecule has 1 N–H and O–H groups in total. The van der Waals surface area contributed by atoms with Gasteiger partial charge in [-0.25, -0.2) is 4.39 Å². The molecule has 0 fully saturated rings. The van der Waals surface area contributed by atoms with Gasteiger partial charge >= 0.3 is 0 Å². The number of aromatic nitrogens is 3. The number of benzene rings is 1. The number of thioether (sulfide) groups is 1. The average molecular weight is 350 g/mol. The summed E-state index contributed by atoms with van der Waals surface area (Å²) >= 11 is 1.35. The van der Waals surface area contributed by atoms with Crippen LogP contribution >= 0.6 is 11.8 Å². The van der Waals surface area contributed by atoms with Crippen LogP contribution in [-0.4, -0.2) is 33.0 Å². The highest BCUT2D eigenvalue weighted by Crippen LogP contribution is 2.22. The number of rotatable bonds is 9. The van der Waals surface area contributed by atoms with Crippen LogP contribution in [0.5, 0.6) is 0 Å². The van der Waals surface area contributed by atoms with Gasteiger partial charge in [-0.3, -0.25) is 4.79 Å². The summed E-state index contributed by atoms with van der Waals surface area (Å²) in [5.41, 5.74) is 0.790. The van der Waals surface area contributed by atoms with E-state index in [4.69, 9.17) is 0 Å². The molecule has 0 aliphatic carbocycles. The van der Waals surface area contributed by atoms with Gasteiger partial charge in [-0.2, -0.15) is 0 Å². The molecule has 0 aliphatic rings. The molecule has 0 saturated carbocycles. The zero-order valence-corrected chi connectivity index (χ0v) is 14.9. The van der Waals surface area contributed by atoms with E-state index in [-0.39, 0.29) is 11.7 Å². The second-order valence-corrected chi connectivity index (χ2v) is 6.51. The number of carbonyl (C=O) groups is 1. The van der Waals surface area contributed by atoms with E-state index in [0.717, 1.165) is 24.9 Å². The van der Waals surface area contributed by atoms with E-state index >= 15 is 0 Å². The Morgan fingerprint density at radius 1 is 1.21 bits per heavy atom. The van der Waals surface area contributed by atoms with Gasteiger partial charge in [0.1, 0.15) is 5.82 Å². The molecule has 1 amide bonds. The number of hydrogen-bond donors (Lipinski definition) is 1. The van der Waals surface area contributed by atoms with E-state index in [1.54, 1.807) is 12.1 Å². The molecular formula is C17H23FN4OS. The molecule has 0 atom stereocenters. The molecular weight excluding hydrogens is 327 g/mol. The third kappa shape index (κ3) is 5.33. The smallest absolute Gasteiger partial charge is 0.230 e. The first-order chi connectivity index (χ1) is 11.6. The van der Waals surface area contributed by atoms with Crippen LogP contribution in [-0.2, 0) is 11.8 Å². The number of halogens is 1. The van der Waals surface area contributed by atoms with Crippen molar-refractivity contribution in [2.75, 3.05) is 12.3 Å². The van der Waals surface area contributed by atoms with Crippen molar-refractivity contribution in [2.45, 2.75) is 37.8 Å². The van der Waals surface area contributed by atoms with Crippen LogP contribution in [0.1, 0.15) is 32.6 Å². The minimum Gasteiger partial charge on any atom is -0.355 e. The summed E-state index contributed by atoms with van der Waals surface area (Å²) in [6, 6.07) is 6.11. The number of hydrogen-bond acceptors (Lipinski definition) is 4. The first kappa shape index (κ1) is 18.4. The highest BCUT2D eigenvalue weighted by molar-refractivity contribution is 7.99. The minimum atomic E-state index is -0.286. The van der Waals surface area contributed by atoms with Crippen molar-refractivity contribution in [1.82, 2.24) is 20.1 Å². The minimum absolute atomic E-state index is 0.00262. The molecule has 24 heavy (non-hydrogen) atoms. The van der Waals surface area contributed by atoms with E-state index in [1.807, 2.05) is 11.6 Å². The lowest BCUT2D eigenvalue weighted by Crippen LogP contribution is -2.26. The predicted octanol–water partition coefficient (Wildman–Crippen LogP) is 3.41. The Bertz CT molecular complexity index is 657. The number of unbranched alkanes of at least 4 members (excludes halogenated alkanes) is 3. The Balaban J connectivity index is 1.83. The third-order valence-corrected chi connectivity index (χ3v) is 4.64. The molecule has 130 valence electrons. The van der Waals surface area contributed by atoms with Crippen LogP contribution < -0.4 is 5.32 Å². The van der Waals surface area contributed by atoms with Gasteiger partial charge in [0.25, 0.3) is 0 Å². The SMILES string of the molecule is CCCCCCNC(=O)CSc1nnc(-c2ccc(F)cc2)n1C. The maximum atomic E-state index is 13.0. The summed E-state index contributed by atoms with van der Waals surface area (Å²) in [5, 5.41) is 11.8. The van der Waals surface area contributed by atoms with Crippen LogP contribution in [0.4, 0.5) is 4.39 Å². The topological polar surface area (TPSA) is 59.8 Å². The third-order valence-electron chi connectivity index (χ3n) is 3.62. The molecule has 5 nitrogen and oxygen atoms in total. The quantitative estimate of drug-likeness (QED) is 0.556. The predicted molar refractivity (Wildman–Crippen MR) is 94.3 cm³/mol. The Morgan fingerprint density at radius 3 is 2.67 bits per heavy atom. The molecule has 7 heteroatoms. The maximum Gasteiger partial charge on any atom is 0.230 e. The zero-order chi connectivity index (χ0) is 17.4. The molecule has 2 aromatic rings. The summed E-state index contributed by atoms with van der Waals surface area (Å²) in [6.45, 7) is 2.88. The fourth-order valence-electron chi connectivity index (χ4n) is 2.25. The Labute approximate surface area is 146 Å². The highest BCUT2D eigenvalue weighted by Gasteiger charge is 2.12. The first-order valence-electron chi connectivity index (χ1n) is 8.16. The maximum absolute atomic E-state index is 13.0. The molecule has 1 heterocycles. The molecule has 0 spiro atoms. The summed E-state index contributed by atoms with van der Waals surface area (Å²) in [4.78, 5) is 11.8. The molecule has 1 aromatic heterocycles. The second-order valence-electron chi connectivity index (χ2n) is 5.57. The number of amides is 1. The van der Waals surface area contributed by atoms with Crippen molar-refractivity contribution >= 4 is 17.7 Å². The lowest BCUT2D eigenvalue weighted by Gasteiger charge is -2.05. The van der Waals surface area contributed by atoms with Crippen LogP contribution in [0.2, 0.25) is 0 Å². The molecule has 0 bridgehead atoms. The zero-order valence-electron chi connectivity index (χ0n) is 14.1. The van der Waals surface area contributed by atoms with Crippen LogP contribution in [0.25, 0.3) is 11.4 Å². The van der Waals surface area contributed by atoms with Gasteiger partial charge in [0, 0.05) is 19.2 Å². The number of carbonyl (C=O) groups excluding carboxylic acids is 1. The summed E-state index contributed by atoms with van der Waals surface area (Å²) in [7, 11) is 1.84. The van der Waals surface area contributed by atoms with Gasteiger partial charge < -0.3 is 9.88 Å². The monoisotopic (exact) mass is 350 g/mol. The van der Waals surface area contributed by atoms with E-state index in [2.05, 4.69) is 22.4 Å². The summed E-state index contributed by atoms with van der Waals surface area (Å²) in [5.74, 6) is 0.676. The van der Waals surface area contributed by atoms with Gasteiger partial charge in [-0.1, -0.05) is 37.9 Å². The van der Waals surface area contributed by atoms with Crippen LogP contribution in [0.3, 0.4) is 0 Å². The van der Waals surface area contributed by atoms with E-state index in [9.17, 15) is 9.18 Å². The van der Waals surface area contributed by atoms with Crippen molar-refractivity contribution in [3.8, 4) is 11.4 Å².